The summed E-state index contributed by atoms with van der Waals surface area (Å²) in [5.74, 6) is 0.662. The molecule has 6 heteroatoms. The van der Waals surface area contributed by atoms with Gasteiger partial charge in [-0.05, 0) is 18.2 Å². The van der Waals surface area contributed by atoms with Gasteiger partial charge in [0.2, 0.25) is 0 Å². The molecule has 1 aromatic carbocycles. The zero-order valence-corrected chi connectivity index (χ0v) is 10.9. The molecule has 3 nitrogen and oxygen atoms in total. The maximum Gasteiger partial charge on any atom is 0.147 e. The molecule has 0 fully saturated rings. The number of anilines is 1. The first-order valence-corrected chi connectivity index (χ1v) is 5.94. The van der Waals surface area contributed by atoms with Crippen LogP contribution < -0.4 is 5.32 Å². The minimum atomic E-state index is 0.446. The first-order valence-electron chi connectivity index (χ1n) is 4.81. The van der Waals surface area contributed by atoms with Gasteiger partial charge in [-0.15, -0.1) is 0 Å². The molecule has 1 heterocycles. The lowest BCUT2D eigenvalue weighted by Crippen LogP contribution is -2.04. The van der Waals surface area contributed by atoms with Crippen LogP contribution in [0.4, 0.5) is 5.69 Å². The van der Waals surface area contributed by atoms with E-state index in [1.165, 1.54) is 0 Å². The van der Waals surface area contributed by atoms with Gasteiger partial charge in [-0.2, -0.15) is 0 Å². The molecule has 0 radical (unpaired) electrons. The monoisotopic (exact) mass is 287 g/mol. The fraction of sp³-hybridized carbons (Fsp3) is 0.0909. The molecule has 2 aromatic rings. The molecule has 0 aliphatic carbocycles. The second-order valence-electron chi connectivity index (χ2n) is 3.26. The van der Waals surface area contributed by atoms with Crippen molar-refractivity contribution in [2.75, 3.05) is 5.32 Å². The Labute approximate surface area is 114 Å². The third-order valence-electron chi connectivity index (χ3n) is 2.05. The van der Waals surface area contributed by atoms with Crippen molar-refractivity contribution in [2.45, 2.75) is 6.54 Å². The van der Waals surface area contributed by atoms with Gasteiger partial charge < -0.3 is 5.32 Å². The molecule has 88 valence electrons. The quantitative estimate of drug-likeness (QED) is 0.926. The summed E-state index contributed by atoms with van der Waals surface area (Å²) in [5, 5.41) is 4.52. The molecule has 0 aliphatic heterocycles. The first-order chi connectivity index (χ1) is 8.16. The Bertz CT molecular complexity index is 494. The molecule has 0 aliphatic rings. The number of benzene rings is 1. The number of nitrogens with zero attached hydrogens (tertiary/aromatic N) is 2. The van der Waals surface area contributed by atoms with Crippen LogP contribution in [0.25, 0.3) is 0 Å². The molecule has 0 saturated carbocycles. The average Bonchev–Trinajstić information content (AvgIpc) is 2.29. The summed E-state index contributed by atoms with van der Waals surface area (Å²) in [4.78, 5) is 8.17. The smallest absolute Gasteiger partial charge is 0.147 e. The third-order valence-corrected chi connectivity index (χ3v) is 2.86. The lowest BCUT2D eigenvalue weighted by Gasteiger charge is -2.09. The van der Waals surface area contributed by atoms with Gasteiger partial charge in [-0.25, -0.2) is 9.97 Å². The number of nitrogens with one attached hydrogen (secondary N) is 1. The predicted octanol–water partition coefficient (Wildman–Crippen LogP) is 4.05. The highest BCUT2D eigenvalue weighted by molar-refractivity contribution is 6.41. The normalized spacial score (nSPS) is 10.3. The Hall–Kier alpha value is -1.03. The molecular formula is C11H8Cl3N3. The van der Waals surface area contributed by atoms with Crippen molar-refractivity contribution in [3.8, 4) is 0 Å². The largest absolute Gasteiger partial charge is 0.375 e. The number of hydrogen-bond donors (Lipinski definition) is 1. The minimum Gasteiger partial charge on any atom is -0.375 e. The van der Waals surface area contributed by atoms with Crippen molar-refractivity contribution in [2.24, 2.45) is 0 Å². The van der Waals surface area contributed by atoms with E-state index in [9.17, 15) is 0 Å². The summed E-state index contributed by atoms with van der Waals surface area (Å²) < 4.78 is 0. The van der Waals surface area contributed by atoms with Crippen molar-refractivity contribution >= 4 is 40.5 Å². The fourth-order valence-corrected chi connectivity index (χ4v) is 2.25. The summed E-state index contributed by atoms with van der Waals surface area (Å²) >= 11 is 17.9. The van der Waals surface area contributed by atoms with Crippen LogP contribution in [0.15, 0.2) is 30.6 Å². The number of rotatable bonds is 3. The van der Waals surface area contributed by atoms with Crippen LogP contribution in [0.2, 0.25) is 15.1 Å². The standard InChI is InChI=1S/C11H8Cl3N3/c12-7-4-8(13)11(9(14)5-7)17-6-10-15-2-1-3-16-10/h1-5,17H,6H2. The van der Waals surface area contributed by atoms with E-state index in [0.717, 1.165) is 0 Å². The fourth-order valence-electron chi connectivity index (χ4n) is 1.30. The molecule has 0 amide bonds. The van der Waals surface area contributed by atoms with Gasteiger partial charge in [-0.1, -0.05) is 34.8 Å². The van der Waals surface area contributed by atoms with Gasteiger partial charge in [0.25, 0.3) is 0 Å². The van der Waals surface area contributed by atoms with Gasteiger partial charge in [0.1, 0.15) is 5.82 Å². The number of hydrogen-bond acceptors (Lipinski definition) is 3. The molecule has 17 heavy (non-hydrogen) atoms. The zero-order valence-electron chi connectivity index (χ0n) is 8.62. The van der Waals surface area contributed by atoms with Crippen LogP contribution in [0.3, 0.4) is 0 Å². The Kier molecular flexibility index (Phi) is 4.05. The van der Waals surface area contributed by atoms with Gasteiger partial charge >= 0.3 is 0 Å². The van der Waals surface area contributed by atoms with Gasteiger partial charge in [0.15, 0.2) is 0 Å². The summed E-state index contributed by atoms with van der Waals surface area (Å²) in [6.45, 7) is 0.446. The Morgan fingerprint density at radius 1 is 1.00 bits per heavy atom. The van der Waals surface area contributed by atoms with E-state index in [1.807, 2.05) is 0 Å². The van der Waals surface area contributed by atoms with Gasteiger partial charge in [0, 0.05) is 17.4 Å². The second kappa shape index (κ2) is 5.54. The Morgan fingerprint density at radius 2 is 1.59 bits per heavy atom. The molecule has 1 N–H and O–H groups in total. The highest BCUT2D eigenvalue weighted by Crippen LogP contribution is 2.33. The van der Waals surface area contributed by atoms with E-state index >= 15 is 0 Å². The van der Waals surface area contributed by atoms with Crippen LogP contribution in [0.5, 0.6) is 0 Å². The summed E-state index contributed by atoms with van der Waals surface area (Å²) in [7, 11) is 0. The average molecular weight is 289 g/mol. The lowest BCUT2D eigenvalue weighted by molar-refractivity contribution is 0.948. The number of halogens is 3. The maximum atomic E-state index is 6.03. The molecule has 1 aromatic heterocycles. The SMILES string of the molecule is Clc1cc(Cl)c(NCc2ncccn2)c(Cl)c1. The van der Waals surface area contributed by atoms with E-state index in [-0.39, 0.29) is 0 Å². The van der Waals surface area contributed by atoms with E-state index in [2.05, 4.69) is 15.3 Å². The van der Waals surface area contributed by atoms with E-state index in [4.69, 9.17) is 34.8 Å². The molecule has 0 bridgehead atoms. The number of aromatic nitrogens is 2. The van der Waals surface area contributed by atoms with Crippen LogP contribution in [0.1, 0.15) is 5.82 Å². The van der Waals surface area contributed by atoms with Crippen molar-refractivity contribution in [1.29, 1.82) is 0 Å². The Morgan fingerprint density at radius 3 is 2.18 bits per heavy atom. The van der Waals surface area contributed by atoms with Crippen LogP contribution in [-0.2, 0) is 6.54 Å². The van der Waals surface area contributed by atoms with Crippen molar-refractivity contribution in [1.82, 2.24) is 9.97 Å². The molecular weight excluding hydrogens is 281 g/mol. The highest BCUT2D eigenvalue weighted by Gasteiger charge is 2.07. The highest BCUT2D eigenvalue weighted by atomic mass is 35.5. The Balaban J connectivity index is 2.15. The summed E-state index contributed by atoms with van der Waals surface area (Å²) in [6, 6.07) is 5.01. The van der Waals surface area contributed by atoms with Gasteiger partial charge in [-0.3, -0.25) is 0 Å². The van der Waals surface area contributed by atoms with Crippen LogP contribution >= 0.6 is 34.8 Å². The van der Waals surface area contributed by atoms with E-state index in [0.29, 0.717) is 33.1 Å². The minimum absolute atomic E-state index is 0.446. The maximum absolute atomic E-state index is 6.03. The van der Waals surface area contributed by atoms with Crippen LogP contribution in [-0.4, -0.2) is 9.97 Å². The first kappa shape index (κ1) is 12.4. The van der Waals surface area contributed by atoms with Crippen molar-refractivity contribution in [3.05, 3.63) is 51.5 Å². The van der Waals surface area contributed by atoms with E-state index < -0.39 is 0 Å². The third kappa shape index (κ3) is 3.22. The lowest BCUT2D eigenvalue weighted by atomic mass is 10.3. The zero-order chi connectivity index (χ0) is 12.3. The molecule has 2 rings (SSSR count). The van der Waals surface area contributed by atoms with E-state index in [1.54, 1.807) is 30.6 Å². The molecule has 0 spiro atoms. The molecule has 0 atom stereocenters. The van der Waals surface area contributed by atoms with Crippen LogP contribution in [0, 0.1) is 0 Å². The summed E-state index contributed by atoms with van der Waals surface area (Å²) in [6.07, 6.45) is 3.35. The molecule has 0 saturated heterocycles. The van der Waals surface area contributed by atoms with Gasteiger partial charge in [0.05, 0.1) is 22.3 Å². The second-order valence-corrected chi connectivity index (χ2v) is 4.51. The summed E-state index contributed by atoms with van der Waals surface area (Å²) in [5.41, 5.74) is 0.630. The van der Waals surface area contributed by atoms with Crippen molar-refractivity contribution < 1.29 is 0 Å². The molecule has 0 unspecified atom stereocenters. The van der Waals surface area contributed by atoms with Crippen molar-refractivity contribution in [3.63, 3.8) is 0 Å². The topological polar surface area (TPSA) is 37.8 Å². The predicted molar refractivity (Wildman–Crippen MR) is 70.8 cm³/mol.